The number of carbonyl (C=O) groups is 2. The lowest BCUT2D eigenvalue weighted by Gasteiger charge is -2.17. The quantitative estimate of drug-likeness (QED) is 0.0509. The van der Waals surface area contributed by atoms with E-state index < -0.39 is 5.97 Å². The van der Waals surface area contributed by atoms with Crippen molar-refractivity contribution in [3.63, 3.8) is 0 Å². The smallest absolute Gasteiger partial charge is 0.306 e. The summed E-state index contributed by atoms with van der Waals surface area (Å²) in [4.78, 5) is 23.4. The Hall–Kier alpha value is -2.62. The summed E-state index contributed by atoms with van der Waals surface area (Å²) in [7, 11) is 0. The fourth-order valence-electron chi connectivity index (χ4n) is 4.65. The number of unbranched alkanes of at least 4 members (excludes halogenated alkanes) is 10. The summed E-state index contributed by atoms with van der Waals surface area (Å²) in [6, 6.07) is 0. The standard InChI is InChI=1S/C39H64O4/c1-3-5-7-9-11-13-14-15-16-17-18-19-20-21-22-23-24-26-28-30-32-34-39(42)43-37(35-36-38(40)41)33-31-29-27-25-12-10-8-6-4-2/h5,7,11,13,15-16,18-19,21-22,24,26,37H,3-4,6,8-10,12,14,17,20,23,25,27-36H2,1-2H3,(H,40,41)/b7-5-,13-11-,16-15-,19-18-,22-21-,26-24-. The topological polar surface area (TPSA) is 63.6 Å². The molecule has 0 saturated carbocycles. The molecule has 0 aliphatic rings. The van der Waals surface area contributed by atoms with Gasteiger partial charge in [-0.2, -0.15) is 0 Å². The van der Waals surface area contributed by atoms with Crippen LogP contribution in [0.4, 0.5) is 0 Å². The molecule has 244 valence electrons. The van der Waals surface area contributed by atoms with Gasteiger partial charge in [0.15, 0.2) is 0 Å². The number of carboxylic acids is 1. The second-order valence-electron chi connectivity index (χ2n) is 11.3. The van der Waals surface area contributed by atoms with Gasteiger partial charge >= 0.3 is 11.9 Å². The lowest BCUT2D eigenvalue weighted by atomic mass is 10.0. The number of aliphatic carboxylic acids is 1. The third-order valence-corrected chi connectivity index (χ3v) is 7.21. The summed E-state index contributed by atoms with van der Waals surface area (Å²) in [5.74, 6) is -1.02. The molecule has 4 heteroatoms. The summed E-state index contributed by atoms with van der Waals surface area (Å²) in [6.45, 7) is 4.39. The lowest BCUT2D eigenvalue weighted by molar-refractivity contribution is -0.151. The van der Waals surface area contributed by atoms with Crippen LogP contribution in [-0.4, -0.2) is 23.1 Å². The average molecular weight is 597 g/mol. The van der Waals surface area contributed by atoms with Gasteiger partial charge in [-0.3, -0.25) is 9.59 Å². The number of allylic oxidation sites excluding steroid dienone is 12. The van der Waals surface area contributed by atoms with Gasteiger partial charge in [0.25, 0.3) is 0 Å². The molecule has 0 aromatic carbocycles. The number of ether oxygens (including phenoxy) is 1. The fourth-order valence-corrected chi connectivity index (χ4v) is 4.65. The van der Waals surface area contributed by atoms with Crippen molar-refractivity contribution >= 4 is 11.9 Å². The van der Waals surface area contributed by atoms with Crippen molar-refractivity contribution in [3.05, 3.63) is 72.9 Å². The molecular weight excluding hydrogens is 532 g/mol. The minimum Gasteiger partial charge on any atom is -0.481 e. The first kappa shape index (κ1) is 40.4. The largest absolute Gasteiger partial charge is 0.481 e. The molecule has 1 unspecified atom stereocenters. The Bertz CT molecular complexity index is 815. The van der Waals surface area contributed by atoms with Crippen LogP contribution in [0.15, 0.2) is 72.9 Å². The number of esters is 1. The Morgan fingerprint density at radius 3 is 1.49 bits per heavy atom. The molecule has 0 fully saturated rings. The maximum atomic E-state index is 12.3. The second kappa shape index (κ2) is 33.9. The molecule has 0 aliphatic carbocycles. The normalized spacial score (nSPS) is 13.2. The van der Waals surface area contributed by atoms with Crippen LogP contribution in [0.5, 0.6) is 0 Å². The Labute approximate surface area is 265 Å². The lowest BCUT2D eigenvalue weighted by Crippen LogP contribution is -2.19. The van der Waals surface area contributed by atoms with Gasteiger partial charge in [0, 0.05) is 12.8 Å². The highest BCUT2D eigenvalue weighted by atomic mass is 16.5. The average Bonchev–Trinajstić information content (AvgIpc) is 2.99. The van der Waals surface area contributed by atoms with Crippen molar-refractivity contribution < 1.29 is 19.4 Å². The van der Waals surface area contributed by atoms with Crippen LogP contribution in [0.2, 0.25) is 0 Å². The van der Waals surface area contributed by atoms with Crippen LogP contribution >= 0.6 is 0 Å². The predicted molar refractivity (Wildman–Crippen MR) is 185 cm³/mol. The molecule has 1 atom stereocenters. The molecule has 1 N–H and O–H groups in total. The summed E-state index contributed by atoms with van der Waals surface area (Å²) < 4.78 is 5.67. The zero-order valence-electron chi connectivity index (χ0n) is 27.7. The van der Waals surface area contributed by atoms with Crippen molar-refractivity contribution in [2.24, 2.45) is 0 Å². The van der Waals surface area contributed by atoms with Crippen molar-refractivity contribution in [3.8, 4) is 0 Å². The van der Waals surface area contributed by atoms with Crippen LogP contribution < -0.4 is 0 Å². The first-order valence-corrected chi connectivity index (χ1v) is 17.4. The molecule has 0 aliphatic heterocycles. The summed E-state index contributed by atoms with van der Waals surface area (Å²) >= 11 is 0. The molecule has 0 saturated heterocycles. The van der Waals surface area contributed by atoms with E-state index in [1.165, 1.54) is 44.9 Å². The third kappa shape index (κ3) is 33.7. The molecular formula is C39H64O4. The highest BCUT2D eigenvalue weighted by molar-refractivity contribution is 5.69. The molecule has 0 radical (unpaired) electrons. The van der Waals surface area contributed by atoms with E-state index in [2.05, 4.69) is 86.8 Å². The maximum absolute atomic E-state index is 12.3. The first-order chi connectivity index (χ1) is 21.1. The number of hydrogen-bond acceptors (Lipinski definition) is 3. The van der Waals surface area contributed by atoms with Gasteiger partial charge in [0.1, 0.15) is 6.10 Å². The molecule has 0 aromatic heterocycles. The number of rotatable bonds is 30. The maximum Gasteiger partial charge on any atom is 0.306 e. The molecule has 0 rings (SSSR count). The van der Waals surface area contributed by atoms with Crippen LogP contribution in [0, 0.1) is 0 Å². The van der Waals surface area contributed by atoms with Crippen molar-refractivity contribution in [1.82, 2.24) is 0 Å². The highest BCUT2D eigenvalue weighted by Crippen LogP contribution is 2.16. The van der Waals surface area contributed by atoms with Crippen molar-refractivity contribution in [1.29, 1.82) is 0 Å². The van der Waals surface area contributed by atoms with Gasteiger partial charge in [0.2, 0.25) is 0 Å². The van der Waals surface area contributed by atoms with Gasteiger partial charge in [0.05, 0.1) is 0 Å². The second-order valence-corrected chi connectivity index (χ2v) is 11.3. The SMILES string of the molecule is CC/C=C\C/C=C\C/C=C\C/C=C\C/C=C\C/C=C\CCCCC(=O)OC(CCCCCCCCCCC)CCC(=O)O. The van der Waals surface area contributed by atoms with E-state index in [0.29, 0.717) is 12.8 Å². The highest BCUT2D eigenvalue weighted by Gasteiger charge is 2.15. The van der Waals surface area contributed by atoms with Crippen LogP contribution in [0.25, 0.3) is 0 Å². The summed E-state index contributed by atoms with van der Waals surface area (Å²) in [5.41, 5.74) is 0. The van der Waals surface area contributed by atoms with E-state index in [1.807, 2.05) is 0 Å². The zero-order chi connectivity index (χ0) is 31.5. The van der Waals surface area contributed by atoms with Crippen molar-refractivity contribution in [2.45, 2.75) is 161 Å². The zero-order valence-corrected chi connectivity index (χ0v) is 27.7. The molecule has 4 nitrogen and oxygen atoms in total. The summed E-state index contributed by atoms with van der Waals surface area (Å²) in [5, 5.41) is 9.06. The molecule has 0 bridgehead atoms. The third-order valence-electron chi connectivity index (χ3n) is 7.21. The molecule has 0 spiro atoms. The number of carbonyl (C=O) groups excluding carboxylic acids is 1. The minimum absolute atomic E-state index is 0.0536. The van der Waals surface area contributed by atoms with Gasteiger partial charge in [-0.05, 0) is 77.0 Å². The number of hydrogen-bond donors (Lipinski definition) is 1. The van der Waals surface area contributed by atoms with Gasteiger partial charge in [-0.1, -0.05) is 138 Å². The molecule has 0 aromatic rings. The van der Waals surface area contributed by atoms with Crippen LogP contribution in [-0.2, 0) is 14.3 Å². The van der Waals surface area contributed by atoms with E-state index >= 15 is 0 Å². The van der Waals surface area contributed by atoms with Crippen molar-refractivity contribution in [2.75, 3.05) is 0 Å². The van der Waals surface area contributed by atoms with Crippen LogP contribution in [0.3, 0.4) is 0 Å². The van der Waals surface area contributed by atoms with E-state index in [4.69, 9.17) is 9.84 Å². The Kier molecular flexibility index (Phi) is 31.8. The fraction of sp³-hybridized carbons (Fsp3) is 0.641. The summed E-state index contributed by atoms with van der Waals surface area (Å²) in [6.07, 6.45) is 47.7. The monoisotopic (exact) mass is 596 g/mol. The van der Waals surface area contributed by atoms with E-state index in [1.54, 1.807) is 0 Å². The molecule has 43 heavy (non-hydrogen) atoms. The van der Waals surface area contributed by atoms with E-state index in [-0.39, 0.29) is 18.5 Å². The Balaban J connectivity index is 3.89. The first-order valence-electron chi connectivity index (χ1n) is 17.4. The predicted octanol–water partition coefficient (Wildman–Crippen LogP) is 11.9. The van der Waals surface area contributed by atoms with Gasteiger partial charge < -0.3 is 9.84 Å². The minimum atomic E-state index is -0.829. The van der Waals surface area contributed by atoms with E-state index in [0.717, 1.165) is 77.0 Å². The Morgan fingerprint density at radius 2 is 1.00 bits per heavy atom. The van der Waals surface area contributed by atoms with E-state index in [9.17, 15) is 9.59 Å². The van der Waals surface area contributed by atoms with Crippen LogP contribution in [0.1, 0.15) is 155 Å². The molecule has 0 amide bonds. The van der Waals surface area contributed by atoms with Gasteiger partial charge in [-0.25, -0.2) is 0 Å². The Morgan fingerprint density at radius 1 is 0.535 bits per heavy atom. The number of carboxylic acid groups (broad SMARTS) is 1. The van der Waals surface area contributed by atoms with Gasteiger partial charge in [-0.15, -0.1) is 0 Å². The molecule has 0 heterocycles.